The van der Waals surface area contributed by atoms with Crippen LogP contribution >= 0.6 is 0 Å². The number of ether oxygens (including phenoxy) is 1. The highest BCUT2D eigenvalue weighted by atomic mass is 16.5. The number of aliphatic hydroxyl groups is 3. The molecule has 0 radical (unpaired) electrons. The van der Waals surface area contributed by atoms with Crippen molar-refractivity contribution in [1.82, 2.24) is 0 Å². The molecule has 0 aromatic heterocycles. The molecule has 5 heteroatoms. The normalized spacial score (nSPS) is 26.4. The number of hydrogen-bond donors (Lipinski definition) is 3. The van der Waals surface area contributed by atoms with Crippen LogP contribution in [0, 0.1) is 17.3 Å². The fourth-order valence-electron chi connectivity index (χ4n) is 3.11. The molecule has 0 spiro atoms. The first-order chi connectivity index (χ1) is 9.65. The van der Waals surface area contributed by atoms with E-state index in [0.29, 0.717) is 12.0 Å². The van der Waals surface area contributed by atoms with Crippen molar-refractivity contribution in [3.63, 3.8) is 0 Å². The van der Waals surface area contributed by atoms with Crippen molar-refractivity contribution in [2.45, 2.75) is 38.9 Å². The zero-order chi connectivity index (χ0) is 16.4. The van der Waals surface area contributed by atoms with E-state index >= 15 is 0 Å². The van der Waals surface area contributed by atoms with E-state index in [2.05, 4.69) is 27.0 Å². The van der Waals surface area contributed by atoms with Crippen LogP contribution in [0.2, 0.25) is 0 Å². The molecular formula is C16H26O5. The Morgan fingerprint density at radius 1 is 1.33 bits per heavy atom. The molecule has 1 aliphatic carbocycles. The molecule has 0 amide bonds. The number of carbonyl (C=O) groups is 1. The van der Waals surface area contributed by atoms with Crippen LogP contribution in [0.4, 0.5) is 0 Å². The van der Waals surface area contributed by atoms with Gasteiger partial charge in [0.1, 0.15) is 6.10 Å². The lowest BCUT2D eigenvalue weighted by molar-refractivity contribution is -0.139. The molecule has 1 saturated carbocycles. The van der Waals surface area contributed by atoms with Crippen LogP contribution in [-0.4, -0.2) is 47.2 Å². The Morgan fingerprint density at radius 3 is 2.33 bits per heavy atom. The summed E-state index contributed by atoms with van der Waals surface area (Å²) in [6.07, 6.45) is -0.896. The Balaban J connectivity index is 2.76. The van der Waals surface area contributed by atoms with Gasteiger partial charge in [0.2, 0.25) is 0 Å². The second kappa shape index (κ2) is 6.73. The Labute approximate surface area is 125 Å². The fraction of sp³-hybridized carbons (Fsp3) is 0.688. The van der Waals surface area contributed by atoms with Crippen molar-refractivity contribution in [2.75, 3.05) is 13.7 Å². The third-order valence-corrected chi connectivity index (χ3v) is 4.64. The van der Waals surface area contributed by atoms with Crippen LogP contribution in [0.25, 0.3) is 0 Å². The van der Waals surface area contributed by atoms with Crippen molar-refractivity contribution in [3.05, 3.63) is 24.3 Å². The Hall–Kier alpha value is -1.17. The zero-order valence-corrected chi connectivity index (χ0v) is 13.0. The fourth-order valence-corrected chi connectivity index (χ4v) is 3.11. The molecule has 0 heterocycles. The monoisotopic (exact) mass is 298 g/mol. The second-order valence-electron chi connectivity index (χ2n) is 6.45. The molecule has 0 aromatic rings. The van der Waals surface area contributed by atoms with Gasteiger partial charge in [0.15, 0.2) is 0 Å². The molecule has 5 nitrogen and oxygen atoms in total. The summed E-state index contributed by atoms with van der Waals surface area (Å²) in [7, 11) is 1.32. The highest BCUT2D eigenvalue weighted by Crippen LogP contribution is 2.55. The minimum absolute atomic E-state index is 0.0347. The predicted molar refractivity (Wildman–Crippen MR) is 79.4 cm³/mol. The van der Waals surface area contributed by atoms with Gasteiger partial charge in [-0.2, -0.15) is 0 Å². The van der Waals surface area contributed by atoms with Gasteiger partial charge in [-0.05, 0) is 35.7 Å². The maximum absolute atomic E-state index is 11.6. The van der Waals surface area contributed by atoms with E-state index in [4.69, 9.17) is 9.84 Å². The quantitative estimate of drug-likeness (QED) is 0.371. The topological polar surface area (TPSA) is 87.0 Å². The number of rotatable bonds is 7. The molecule has 0 aromatic carbocycles. The maximum atomic E-state index is 11.6. The van der Waals surface area contributed by atoms with Crippen LogP contribution in [0.5, 0.6) is 0 Å². The Bertz CT molecular complexity index is 426. The third kappa shape index (κ3) is 3.73. The van der Waals surface area contributed by atoms with Crippen LogP contribution < -0.4 is 0 Å². The van der Waals surface area contributed by atoms with E-state index < -0.39 is 24.8 Å². The number of esters is 1. The molecule has 3 N–H and O–H groups in total. The molecule has 4 atom stereocenters. The van der Waals surface area contributed by atoms with Gasteiger partial charge in [0.05, 0.1) is 19.8 Å². The van der Waals surface area contributed by atoms with E-state index in [1.54, 1.807) is 0 Å². The molecule has 0 unspecified atom stereocenters. The number of methoxy groups -OCH3 is 1. The predicted octanol–water partition coefficient (Wildman–Crippen LogP) is 1.04. The smallest absolute Gasteiger partial charge is 0.333 e. The molecule has 21 heavy (non-hydrogen) atoms. The average molecular weight is 298 g/mol. The molecule has 0 saturated heterocycles. The molecule has 1 rings (SSSR count). The van der Waals surface area contributed by atoms with Gasteiger partial charge in [-0.3, -0.25) is 0 Å². The van der Waals surface area contributed by atoms with Crippen molar-refractivity contribution < 1.29 is 24.9 Å². The average Bonchev–Trinajstić information content (AvgIpc) is 2.46. The van der Waals surface area contributed by atoms with E-state index in [0.717, 1.165) is 6.42 Å². The van der Waals surface area contributed by atoms with Crippen molar-refractivity contribution in [2.24, 2.45) is 17.3 Å². The molecular weight excluding hydrogens is 272 g/mol. The molecule has 1 aliphatic rings. The van der Waals surface area contributed by atoms with Gasteiger partial charge in [0.25, 0.3) is 0 Å². The highest BCUT2D eigenvalue weighted by Gasteiger charge is 2.50. The zero-order valence-electron chi connectivity index (χ0n) is 13.0. The van der Waals surface area contributed by atoms with Crippen molar-refractivity contribution in [3.8, 4) is 0 Å². The summed E-state index contributed by atoms with van der Waals surface area (Å²) in [6.45, 7) is 11.1. The first kappa shape index (κ1) is 17.9. The number of hydrogen-bond acceptors (Lipinski definition) is 5. The maximum Gasteiger partial charge on any atom is 0.333 e. The van der Waals surface area contributed by atoms with Gasteiger partial charge >= 0.3 is 5.97 Å². The van der Waals surface area contributed by atoms with E-state index in [9.17, 15) is 15.0 Å². The first-order valence-corrected chi connectivity index (χ1v) is 7.08. The van der Waals surface area contributed by atoms with Crippen LogP contribution in [0.1, 0.15) is 26.7 Å². The summed E-state index contributed by atoms with van der Waals surface area (Å²) in [6, 6.07) is 0. The highest BCUT2D eigenvalue weighted by molar-refractivity contribution is 5.88. The minimum Gasteiger partial charge on any atom is -0.466 e. The summed E-state index contributed by atoms with van der Waals surface area (Å²) in [5, 5.41) is 28.6. The Morgan fingerprint density at radius 2 is 1.90 bits per heavy atom. The van der Waals surface area contributed by atoms with Gasteiger partial charge in [0, 0.05) is 5.57 Å². The summed E-state index contributed by atoms with van der Waals surface area (Å²) >= 11 is 0. The number of aliphatic hydroxyl groups excluding tert-OH is 3. The van der Waals surface area contributed by atoms with Crippen LogP contribution in [0.3, 0.4) is 0 Å². The first-order valence-electron chi connectivity index (χ1n) is 7.08. The lowest BCUT2D eigenvalue weighted by atomic mass is 9.52. The van der Waals surface area contributed by atoms with Gasteiger partial charge in [-0.25, -0.2) is 4.79 Å². The van der Waals surface area contributed by atoms with Crippen LogP contribution in [0.15, 0.2) is 24.3 Å². The summed E-state index contributed by atoms with van der Waals surface area (Å²) in [5.41, 5.74) is 0.581. The summed E-state index contributed by atoms with van der Waals surface area (Å²) in [4.78, 5) is 11.6. The van der Waals surface area contributed by atoms with Gasteiger partial charge < -0.3 is 20.1 Å². The minimum atomic E-state index is -1.13. The lowest BCUT2D eigenvalue weighted by Gasteiger charge is -2.53. The van der Waals surface area contributed by atoms with Gasteiger partial charge in [-0.1, -0.05) is 27.0 Å². The summed E-state index contributed by atoms with van der Waals surface area (Å²) in [5.74, 6) is -0.424. The number of carbonyl (C=O) groups excluding carboxylic acids is 1. The van der Waals surface area contributed by atoms with Crippen molar-refractivity contribution >= 4 is 5.97 Å². The molecule has 1 fully saturated rings. The molecule has 0 bridgehead atoms. The van der Waals surface area contributed by atoms with Gasteiger partial charge in [-0.15, -0.1) is 0 Å². The molecule has 120 valence electrons. The van der Waals surface area contributed by atoms with E-state index in [1.807, 2.05) is 0 Å². The lowest BCUT2D eigenvalue weighted by Crippen LogP contribution is -2.47. The third-order valence-electron chi connectivity index (χ3n) is 4.64. The Kier molecular flexibility index (Phi) is 5.73. The van der Waals surface area contributed by atoms with E-state index in [1.165, 1.54) is 7.11 Å². The van der Waals surface area contributed by atoms with E-state index in [-0.39, 0.29) is 22.8 Å². The molecule has 0 aliphatic heterocycles. The van der Waals surface area contributed by atoms with Crippen LogP contribution in [-0.2, 0) is 9.53 Å². The van der Waals surface area contributed by atoms with Crippen molar-refractivity contribution in [1.29, 1.82) is 0 Å². The largest absolute Gasteiger partial charge is 0.466 e. The second-order valence-corrected chi connectivity index (χ2v) is 6.45. The summed E-state index contributed by atoms with van der Waals surface area (Å²) < 4.78 is 4.70. The SMILES string of the molecule is C=C(C(=O)OC)[C@H]1CC(C)(C)[C@H]1C[C@H](O)C(=C)[C@H](O)CO. The standard InChI is InChI=1S/C16H26O5/c1-9(15(20)21-5)11-7-16(3,4)12(11)6-13(18)10(2)14(19)8-17/h11-14,17-19H,1-2,6-8H2,3-5H3/t11-,12+,13+,14-/m1/s1.